The van der Waals surface area contributed by atoms with Crippen molar-refractivity contribution in [1.82, 2.24) is 10.2 Å². The number of aliphatic hydroxyl groups excluding tert-OH is 1. The summed E-state index contributed by atoms with van der Waals surface area (Å²) < 4.78 is 0. The first kappa shape index (κ1) is 12.7. The first-order chi connectivity index (χ1) is 7.54. The molecule has 5 N–H and O–H groups in total. The number of carbonyl (C=O) groups excluding carboxylic acids is 1. The van der Waals surface area contributed by atoms with Crippen molar-refractivity contribution in [3.05, 3.63) is 0 Å². The van der Waals surface area contributed by atoms with Gasteiger partial charge < -0.3 is 26.2 Å². The van der Waals surface area contributed by atoms with Crippen molar-refractivity contribution in [3.8, 4) is 0 Å². The monoisotopic (exact) mass is 231 g/mol. The van der Waals surface area contributed by atoms with Crippen LogP contribution in [0.25, 0.3) is 0 Å². The van der Waals surface area contributed by atoms with Gasteiger partial charge in [0.2, 0.25) is 0 Å². The molecule has 1 aliphatic rings. The van der Waals surface area contributed by atoms with Crippen LogP contribution in [0.5, 0.6) is 0 Å². The molecule has 0 aromatic heterocycles. The lowest BCUT2D eigenvalue weighted by atomic mass is 10.1. The molecule has 0 radical (unpaired) electrons. The molecule has 1 saturated heterocycles. The maximum absolute atomic E-state index is 11.6. The molecule has 1 rings (SSSR count). The van der Waals surface area contributed by atoms with Gasteiger partial charge in [0.1, 0.15) is 0 Å². The Bertz CT molecular complexity index is 263. The number of aliphatic hydroxyl groups is 1. The Kier molecular flexibility index (Phi) is 4.51. The molecule has 0 spiro atoms. The van der Waals surface area contributed by atoms with Gasteiger partial charge in [-0.2, -0.15) is 0 Å². The smallest absolute Gasteiger partial charge is 0.328 e. The zero-order valence-electron chi connectivity index (χ0n) is 8.93. The quantitative estimate of drug-likeness (QED) is 0.475. The summed E-state index contributed by atoms with van der Waals surface area (Å²) in [6.07, 6.45) is 1.43. The first-order valence-electron chi connectivity index (χ1n) is 5.19. The van der Waals surface area contributed by atoms with Crippen LogP contribution in [0.2, 0.25) is 0 Å². The zero-order valence-corrected chi connectivity index (χ0v) is 8.93. The van der Waals surface area contributed by atoms with E-state index >= 15 is 0 Å². The number of rotatable bonds is 3. The SMILES string of the molecule is NC1CCN(C(=O)N[C@@H](CO)C(=O)O)CC1. The van der Waals surface area contributed by atoms with E-state index < -0.39 is 24.6 Å². The van der Waals surface area contributed by atoms with Crippen molar-refractivity contribution >= 4 is 12.0 Å². The van der Waals surface area contributed by atoms with Gasteiger partial charge in [-0.25, -0.2) is 9.59 Å². The zero-order chi connectivity index (χ0) is 12.1. The summed E-state index contributed by atoms with van der Waals surface area (Å²) in [6.45, 7) is 0.421. The number of amides is 2. The van der Waals surface area contributed by atoms with Crippen LogP contribution in [-0.4, -0.2) is 58.9 Å². The number of nitrogens with zero attached hydrogens (tertiary/aromatic N) is 1. The van der Waals surface area contributed by atoms with Crippen LogP contribution >= 0.6 is 0 Å². The van der Waals surface area contributed by atoms with E-state index in [0.29, 0.717) is 25.9 Å². The van der Waals surface area contributed by atoms with Crippen LogP contribution in [0, 0.1) is 0 Å². The largest absolute Gasteiger partial charge is 0.480 e. The second kappa shape index (κ2) is 5.66. The second-order valence-electron chi connectivity index (χ2n) is 3.85. The molecule has 0 unspecified atom stereocenters. The molecule has 92 valence electrons. The van der Waals surface area contributed by atoms with E-state index in [4.69, 9.17) is 15.9 Å². The molecule has 1 aliphatic heterocycles. The van der Waals surface area contributed by atoms with E-state index in [1.165, 1.54) is 4.90 Å². The predicted molar refractivity (Wildman–Crippen MR) is 55.8 cm³/mol. The van der Waals surface area contributed by atoms with Gasteiger partial charge in [-0.1, -0.05) is 0 Å². The molecule has 2 amide bonds. The summed E-state index contributed by atoms with van der Waals surface area (Å²) in [6, 6.07) is -1.60. The summed E-state index contributed by atoms with van der Waals surface area (Å²) in [5.41, 5.74) is 5.68. The van der Waals surface area contributed by atoms with Crippen molar-refractivity contribution in [2.75, 3.05) is 19.7 Å². The van der Waals surface area contributed by atoms with Gasteiger partial charge in [-0.15, -0.1) is 0 Å². The van der Waals surface area contributed by atoms with Crippen molar-refractivity contribution in [2.45, 2.75) is 24.9 Å². The van der Waals surface area contributed by atoms with E-state index in [2.05, 4.69) is 5.32 Å². The molecule has 1 fully saturated rings. The minimum absolute atomic E-state index is 0.108. The average Bonchev–Trinajstić information content (AvgIpc) is 2.26. The number of carboxylic acids is 1. The number of carbonyl (C=O) groups is 2. The third-order valence-electron chi connectivity index (χ3n) is 2.61. The molecule has 7 nitrogen and oxygen atoms in total. The predicted octanol–water partition coefficient (Wildman–Crippen LogP) is -1.44. The molecule has 1 heterocycles. The first-order valence-corrected chi connectivity index (χ1v) is 5.19. The molecule has 0 aliphatic carbocycles. The lowest BCUT2D eigenvalue weighted by Crippen LogP contribution is -2.52. The van der Waals surface area contributed by atoms with E-state index in [1.54, 1.807) is 0 Å². The summed E-state index contributed by atoms with van der Waals surface area (Å²) in [7, 11) is 0. The molecule has 0 bridgehead atoms. The minimum Gasteiger partial charge on any atom is -0.480 e. The van der Waals surface area contributed by atoms with E-state index in [9.17, 15) is 9.59 Å². The van der Waals surface area contributed by atoms with Gasteiger partial charge in [-0.3, -0.25) is 0 Å². The fraction of sp³-hybridized carbons (Fsp3) is 0.778. The molecule has 0 saturated carbocycles. The van der Waals surface area contributed by atoms with Crippen molar-refractivity contribution < 1.29 is 19.8 Å². The standard InChI is InChI=1S/C9H17N3O4/c10-6-1-3-12(4-2-6)9(16)11-7(5-13)8(14)15/h6-7,13H,1-5,10H2,(H,11,16)(H,14,15)/t7-/m0/s1. The number of hydrogen-bond donors (Lipinski definition) is 4. The average molecular weight is 231 g/mol. The Morgan fingerprint density at radius 3 is 2.44 bits per heavy atom. The molecular formula is C9H17N3O4. The third kappa shape index (κ3) is 3.35. The fourth-order valence-electron chi connectivity index (χ4n) is 1.53. The Hall–Kier alpha value is -1.34. The lowest BCUT2D eigenvalue weighted by molar-refractivity contribution is -0.140. The number of nitrogens with one attached hydrogen (secondary N) is 1. The molecule has 16 heavy (non-hydrogen) atoms. The number of likely N-dealkylation sites (tertiary alicyclic amines) is 1. The second-order valence-corrected chi connectivity index (χ2v) is 3.85. The normalized spacial score (nSPS) is 19.2. The summed E-state index contributed by atoms with van der Waals surface area (Å²) in [5.74, 6) is -1.25. The van der Waals surface area contributed by atoms with Crippen LogP contribution in [0.1, 0.15) is 12.8 Å². The molecule has 0 aromatic carbocycles. The van der Waals surface area contributed by atoms with E-state index in [0.717, 1.165) is 0 Å². The number of nitrogens with two attached hydrogens (primary N) is 1. The highest BCUT2D eigenvalue weighted by Crippen LogP contribution is 2.08. The van der Waals surface area contributed by atoms with Gasteiger partial charge in [0, 0.05) is 19.1 Å². The fourth-order valence-corrected chi connectivity index (χ4v) is 1.53. The Morgan fingerprint density at radius 2 is 2.00 bits per heavy atom. The van der Waals surface area contributed by atoms with E-state index in [1.807, 2.05) is 0 Å². The van der Waals surface area contributed by atoms with Crippen molar-refractivity contribution in [1.29, 1.82) is 0 Å². The van der Waals surface area contributed by atoms with Crippen LogP contribution in [0.3, 0.4) is 0 Å². The van der Waals surface area contributed by atoms with Gasteiger partial charge in [0.15, 0.2) is 6.04 Å². The lowest BCUT2D eigenvalue weighted by Gasteiger charge is -2.30. The maximum Gasteiger partial charge on any atom is 0.328 e. The van der Waals surface area contributed by atoms with Gasteiger partial charge in [0.25, 0.3) is 0 Å². The Labute approximate surface area is 93.2 Å². The minimum atomic E-state index is -1.25. The molecule has 1 atom stereocenters. The Morgan fingerprint density at radius 1 is 1.44 bits per heavy atom. The highest BCUT2D eigenvalue weighted by molar-refractivity contribution is 5.82. The van der Waals surface area contributed by atoms with E-state index in [-0.39, 0.29) is 6.04 Å². The maximum atomic E-state index is 11.6. The van der Waals surface area contributed by atoms with Crippen LogP contribution in [0.4, 0.5) is 4.79 Å². The molecule has 0 aromatic rings. The van der Waals surface area contributed by atoms with Crippen molar-refractivity contribution in [2.24, 2.45) is 5.73 Å². The summed E-state index contributed by atoms with van der Waals surface area (Å²) in [5, 5.41) is 19.6. The highest BCUT2D eigenvalue weighted by atomic mass is 16.4. The number of carboxylic acid groups (broad SMARTS) is 1. The van der Waals surface area contributed by atoms with Crippen molar-refractivity contribution in [3.63, 3.8) is 0 Å². The van der Waals surface area contributed by atoms with Crippen LogP contribution < -0.4 is 11.1 Å². The number of hydrogen-bond acceptors (Lipinski definition) is 4. The molecular weight excluding hydrogens is 214 g/mol. The van der Waals surface area contributed by atoms with Gasteiger partial charge in [-0.05, 0) is 12.8 Å². The van der Waals surface area contributed by atoms with Crippen LogP contribution in [-0.2, 0) is 4.79 Å². The van der Waals surface area contributed by atoms with Gasteiger partial charge >= 0.3 is 12.0 Å². The number of aliphatic carboxylic acids is 1. The third-order valence-corrected chi connectivity index (χ3v) is 2.61. The highest BCUT2D eigenvalue weighted by Gasteiger charge is 2.24. The Balaban J connectivity index is 2.42. The number of urea groups is 1. The van der Waals surface area contributed by atoms with Gasteiger partial charge in [0.05, 0.1) is 6.61 Å². The summed E-state index contributed by atoms with van der Waals surface area (Å²) in [4.78, 5) is 23.7. The molecule has 7 heteroatoms. The number of piperidine rings is 1. The summed E-state index contributed by atoms with van der Waals surface area (Å²) >= 11 is 0. The topological polar surface area (TPSA) is 116 Å². The van der Waals surface area contributed by atoms with Crippen LogP contribution in [0.15, 0.2) is 0 Å².